The van der Waals surface area contributed by atoms with E-state index in [1.807, 2.05) is 13.3 Å². The van der Waals surface area contributed by atoms with Crippen LogP contribution in [0.2, 0.25) is 0 Å². The first kappa shape index (κ1) is 28.6. The zero-order valence-electron chi connectivity index (χ0n) is 20.5. The van der Waals surface area contributed by atoms with Crippen LogP contribution in [0.25, 0.3) is 0 Å². The molecule has 3 amide bonds. The van der Waals surface area contributed by atoms with Crippen molar-refractivity contribution in [3.05, 3.63) is 35.6 Å². The lowest BCUT2D eigenvalue weighted by molar-refractivity contribution is -0.196. The number of fused-ring (bicyclic) bond motifs is 1. The van der Waals surface area contributed by atoms with Crippen molar-refractivity contribution in [2.24, 2.45) is 0 Å². The molecule has 9 nitrogen and oxygen atoms in total. The van der Waals surface area contributed by atoms with Crippen LogP contribution in [0.4, 0.5) is 4.39 Å². The normalized spacial score (nSPS) is 20.1. The fourth-order valence-corrected chi connectivity index (χ4v) is 4.47. The van der Waals surface area contributed by atoms with E-state index in [4.69, 9.17) is 11.2 Å². The van der Waals surface area contributed by atoms with Crippen molar-refractivity contribution in [1.29, 1.82) is 0 Å². The van der Waals surface area contributed by atoms with Gasteiger partial charge in [0.25, 0.3) is 0 Å². The summed E-state index contributed by atoms with van der Waals surface area (Å²) in [6.07, 6.45) is 7.89. The van der Waals surface area contributed by atoms with E-state index in [1.165, 1.54) is 17.1 Å². The third kappa shape index (κ3) is 7.93. The summed E-state index contributed by atoms with van der Waals surface area (Å²) in [5.74, 6) is 2.73. The molecule has 2 heterocycles. The molecule has 0 spiro atoms. The lowest BCUT2D eigenvalue weighted by atomic mass is 10.0. The number of thioether (sulfide) groups is 1. The molecular formula is C24H34FN5O4S. The number of carbonyl (C=O) groups is 3. The Kier molecular flexibility index (Phi) is 12.0. The van der Waals surface area contributed by atoms with Crippen LogP contribution in [0.3, 0.4) is 0 Å². The number of halogens is 1. The number of terminal acetylenes is 1. The number of likely N-dealkylation sites (N-methyl/N-ethyl adjacent to an activating group) is 1. The summed E-state index contributed by atoms with van der Waals surface area (Å²) in [5, 5.41) is 6.05. The largest absolute Gasteiger partial charge is 0.367 e. The lowest BCUT2D eigenvalue weighted by Gasteiger charge is -2.53. The Morgan fingerprint density at radius 3 is 2.63 bits per heavy atom. The zero-order valence-corrected chi connectivity index (χ0v) is 21.3. The van der Waals surface area contributed by atoms with Gasteiger partial charge in [-0.05, 0) is 43.2 Å². The van der Waals surface area contributed by atoms with Gasteiger partial charge in [0.2, 0.25) is 18.2 Å². The van der Waals surface area contributed by atoms with Gasteiger partial charge >= 0.3 is 0 Å². The van der Waals surface area contributed by atoms with E-state index in [2.05, 4.69) is 11.2 Å². The van der Waals surface area contributed by atoms with Crippen molar-refractivity contribution < 1.29 is 23.5 Å². The number of hydrogen-bond donors (Lipinski definition) is 1. The molecule has 0 radical (unpaired) electrons. The van der Waals surface area contributed by atoms with Crippen LogP contribution >= 0.6 is 11.8 Å². The Balaban J connectivity index is 0.000000360. The van der Waals surface area contributed by atoms with Crippen molar-refractivity contribution in [1.82, 2.24) is 25.1 Å². The van der Waals surface area contributed by atoms with E-state index in [0.717, 1.165) is 17.9 Å². The van der Waals surface area contributed by atoms with Crippen molar-refractivity contribution in [3.63, 3.8) is 0 Å². The smallest absolute Gasteiger partial charge is 0.245 e. The van der Waals surface area contributed by atoms with Crippen LogP contribution in [-0.2, 0) is 25.7 Å². The van der Waals surface area contributed by atoms with Crippen molar-refractivity contribution in [2.75, 3.05) is 59.0 Å². The first-order valence-electron chi connectivity index (χ1n) is 11.3. The highest BCUT2D eigenvalue weighted by Crippen LogP contribution is 2.26. The van der Waals surface area contributed by atoms with Gasteiger partial charge in [-0.1, -0.05) is 18.1 Å². The molecule has 1 aromatic rings. The second kappa shape index (κ2) is 14.7. The van der Waals surface area contributed by atoms with Crippen molar-refractivity contribution >= 4 is 30.0 Å². The Labute approximate surface area is 210 Å². The summed E-state index contributed by atoms with van der Waals surface area (Å²) in [4.78, 5) is 40.2. The molecule has 1 N–H and O–H groups in total. The predicted octanol–water partition coefficient (Wildman–Crippen LogP) is 0.619. The molecule has 192 valence electrons. The van der Waals surface area contributed by atoms with E-state index in [-0.39, 0.29) is 37.3 Å². The monoisotopic (exact) mass is 507 g/mol. The molecule has 0 bridgehead atoms. The quantitative estimate of drug-likeness (QED) is 0.282. The second-order valence-corrected chi connectivity index (χ2v) is 9.06. The Bertz CT molecular complexity index is 882. The minimum atomic E-state index is -0.553. The molecule has 3 rings (SSSR count). The van der Waals surface area contributed by atoms with Crippen LogP contribution in [0.1, 0.15) is 12.0 Å². The number of carbonyl (C=O) groups excluding carboxylic acids is 3. The SMILES string of the molecule is C#CCOCCN1CC2N(C(=O)CN(C)N2C=O)[C@@H](CCSC)C1=O.CNCc1ccc(F)cc1. The molecule has 11 heteroatoms. The average Bonchev–Trinajstić information content (AvgIpc) is 2.84. The van der Waals surface area contributed by atoms with Gasteiger partial charge in [-0.15, -0.1) is 6.42 Å². The number of hydrogen-bond acceptors (Lipinski definition) is 7. The number of amides is 3. The Morgan fingerprint density at radius 1 is 1.31 bits per heavy atom. The highest BCUT2D eigenvalue weighted by atomic mass is 32.2. The molecule has 2 saturated heterocycles. The van der Waals surface area contributed by atoms with Crippen LogP contribution in [0.5, 0.6) is 0 Å². The van der Waals surface area contributed by atoms with E-state index >= 15 is 0 Å². The third-order valence-corrected chi connectivity index (χ3v) is 6.32. The summed E-state index contributed by atoms with van der Waals surface area (Å²) >= 11 is 1.62. The molecule has 2 atom stereocenters. The highest BCUT2D eigenvalue weighted by Gasteiger charge is 2.48. The number of rotatable bonds is 10. The van der Waals surface area contributed by atoms with Crippen molar-refractivity contribution in [3.8, 4) is 12.3 Å². The number of benzene rings is 1. The number of ether oxygens (including phenoxy) is 1. The Hall–Kier alpha value is -2.65. The Morgan fingerprint density at radius 2 is 2.03 bits per heavy atom. The molecule has 2 aliphatic rings. The maximum absolute atomic E-state index is 12.9. The number of piperazine rings is 1. The molecule has 2 aliphatic heterocycles. The lowest BCUT2D eigenvalue weighted by Crippen LogP contribution is -2.74. The molecule has 2 fully saturated rings. The molecule has 0 saturated carbocycles. The van der Waals surface area contributed by atoms with E-state index < -0.39 is 12.2 Å². The van der Waals surface area contributed by atoms with Crippen LogP contribution in [0, 0.1) is 18.2 Å². The molecule has 35 heavy (non-hydrogen) atoms. The minimum Gasteiger partial charge on any atom is -0.367 e. The third-order valence-electron chi connectivity index (χ3n) is 5.68. The minimum absolute atomic E-state index is 0.0869. The van der Waals surface area contributed by atoms with Gasteiger partial charge in [0.1, 0.15) is 24.6 Å². The number of nitrogens with zero attached hydrogens (tertiary/aromatic N) is 4. The first-order chi connectivity index (χ1) is 16.9. The summed E-state index contributed by atoms with van der Waals surface area (Å²) in [7, 11) is 3.56. The zero-order chi connectivity index (χ0) is 25.8. The molecular weight excluding hydrogens is 473 g/mol. The molecule has 1 unspecified atom stereocenters. The highest BCUT2D eigenvalue weighted by molar-refractivity contribution is 7.98. The van der Waals surface area contributed by atoms with E-state index in [9.17, 15) is 18.8 Å². The van der Waals surface area contributed by atoms with Gasteiger partial charge in [0.05, 0.1) is 19.7 Å². The van der Waals surface area contributed by atoms with Gasteiger partial charge in [-0.3, -0.25) is 19.4 Å². The maximum atomic E-state index is 12.9. The standard InChI is InChI=1S/C16H24N4O4S.C8H10FN/c1-4-7-24-8-6-18-10-14-19(12-21)17(2)11-15(22)20(14)13(16(18)23)5-9-25-3;1-10-6-7-2-4-8(9)5-3-7/h1,12-14H,5-11H2,2-3H3;2-5,10H,6H2,1H3/t13-,14?;/m0./s1. The van der Waals surface area contributed by atoms with Crippen LogP contribution < -0.4 is 5.32 Å². The van der Waals surface area contributed by atoms with E-state index in [0.29, 0.717) is 26.0 Å². The van der Waals surface area contributed by atoms with Gasteiger partial charge in [0, 0.05) is 20.1 Å². The van der Waals surface area contributed by atoms with Gasteiger partial charge in [-0.2, -0.15) is 11.8 Å². The van der Waals surface area contributed by atoms with Crippen molar-refractivity contribution in [2.45, 2.75) is 25.2 Å². The second-order valence-electron chi connectivity index (χ2n) is 8.08. The average molecular weight is 508 g/mol. The number of hydrazine groups is 1. The van der Waals surface area contributed by atoms with Gasteiger partial charge in [-0.25, -0.2) is 9.40 Å². The predicted molar refractivity (Wildman–Crippen MR) is 133 cm³/mol. The van der Waals surface area contributed by atoms with Gasteiger partial charge < -0.3 is 19.9 Å². The maximum Gasteiger partial charge on any atom is 0.245 e. The fraction of sp³-hybridized carbons (Fsp3) is 0.542. The topological polar surface area (TPSA) is 85.4 Å². The fourth-order valence-electron chi connectivity index (χ4n) is 4.01. The summed E-state index contributed by atoms with van der Waals surface area (Å²) < 4.78 is 17.6. The molecule has 0 aromatic heterocycles. The van der Waals surface area contributed by atoms with Gasteiger partial charge in [0.15, 0.2) is 0 Å². The van der Waals surface area contributed by atoms with E-state index in [1.54, 1.807) is 45.8 Å². The first-order valence-corrected chi connectivity index (χ1v) is 12.7. The van der Waals surface area contributed by atoms with Crippen LogP contribution in [0.15, 0.2) is 24.3 Å². The summed E-state index contributed by atoms with van der Waals surface area (Å²) in [5.41, 5.74) is 1.10. The molecule has 0 aliphatic carbocycles. The summed E-state index contributed by atoms with van der Waals surface area (Å²) in [6, 6.07) is 5.92. The number of nitrogens with one attached hydrogen (secondary N) is 1. The summed E-state index contributed by atoms with van der Waals surface area (Å²) in [6.45, 7) is 2.04. The molecule has 1 aromatic carbocycles. The van der Waals surface area contributed by atoms with Crippen LogP contribution in [-0.4, -0.2) is 109 Å².